The van der Waals surface area contributed by atoms with E-state index in [1.165, 1.54) is 6.07 Å². The van der Waals surface area contributed by atoms with Gasteiger partial charge in [-0.25, -0.2) is 8.42 Å². The first-order chi connectivity index (χ1) is 9.77. The van der Waals surface area contributed by atoms with Crippen LogP contribution in [0.3, 0.4) is 0 Å². The molecule has 4 nitrogen and oxygen atoms in total. The van der Waals surface area contributed by atoms with Gasteiger partial charge in [0.1, 0.15) is 4.21 Å². The van der Waals surface area contributed by atoms with E-state index in [1.807, 2.05) is 6.92 Å². The number of benzene rings is 1. The molecule has 0 unspecified atom stereocenters. The molecule has 2 rings (SSSR count). The molecule has 1 heterocycles. The van der Waals surface area contributed by atoms with Gasteiger partial charge in [-0.05, 0) is 42.8 Å². The molecular weight excluding hydrogens is 353 g/mol. The topological polar surface area (TPSA) is 63.2 Å². The van der Waals surface area contributed by atoms with Gasteiger partial charge in [-0.2, -0.15) is 0 Å². The van der Waals surface area contributed by atoms with Crippen molar-refractivity contribution in [1.82, 2.24) is 5.32 Å². The number of carbonyl (C=O) groups excluding carboxylic acids is 1. The van der Waals surface area contributed by atoms with Gasteiger partial charge in [-0.1, -0.05) is 11.6 Å². The zero-order valence-corrected chi connectivity index (χ0v) is 14.0. The summed E-state index contributed by atoms with van der Waals surface area (Å²) in [6.45, 7) is 2.05. The van der Waals surface area contributed by atoms with Crippen molar-refractivity contribution in [3.63, 3.8) is 0 Å². The molecule has 1 N–H and O–H groups in total. The Morgan fingerprint density at radius 2 is 2.00 bits per heavy atom. The van der Waals surface area contributed by atoms with Gasteiger partial charge >= 0.3 is 0 Å². The van der Waals surface area contributed by atoms with Gasteiger partial charge < -0.3 is 5.32 Å². The smallest absolute Gasteiger partial charge is 0.270 e. The maximum Gasteiger partial charge on any atom is 0.270 e. The van der Waals surface area contributed by atoms with Gasteiger partial charge in [0, 0.05) is 26.1 Å². The monoisotopic (exact) mass is 363 g/mol. The van der Waals surface area contributed by atoms with Gasteiger partial charge in [-0.15, -0.1) is 11.3 Å². The molecular formula is C13H11Cl2NO3S2. The summed E-state index contributed by atoms with van der Waals surface area (Å²) in [6, 6.07) is 8.03. The minimum atomic E-state index is -3.72. The van der Waals surface area contributed by atoms with Gasteiger partial charge in [0.2, 0.25) is 0 Å². The first kappa shape index (κ1) is 16.3. The summed E-state index contributed by atoms with van der Waals surface area (Å²) in [5.74, 6) is -0.251. The highest BCUT2D eigenvalue weighted by Crippen LogP contribution is 2.24. The van der Waals surface area contributed by atoms with Crippen molar-refractivity contribution in [1.29, 1.82) is 0 Å². The van der Waals surface area contributed by atoms with E-state index in [2.05, 4.69) is 5.32 Å². The number of hydrogen-bond donors (Lipinski definition) is 1. The van der Waals surface area contributed by atoms with Gasteiger partial charge in [0.15, 0.2) is 0 Å². The predicted octanol–water partition coefficient (Wildman–Crippen LogP) is 3.57. The highest BCUT2D eigenvalue weighted by Gasteiger charge is 2.14. The molecule has 1 amide bonds. The summed E-state index contributed by atoms with van der Waals surface area (Å²) in [5.41, 5.74) is 1.31. The number of thiophene rings is 1. The number of aryl methyl sites for hydroxylation is 1. The summed E-state index contributed by atoms with van der Waals surface area (Å²) < 4.78 is 22.4. The highest BCUT2D eigenvalue weighted by atomic mass is 35.7. The van der Waals surface area contributed by atoms with E-state index in [9.17, 15) is 13.2 Å². The number of carbonyl (C=O) groups is 1. The van der Waals surface area contributed by atoms with Gasteiger partial charge in [0.05, 0.1) is 6.54 Å². The number of amides is 1. The van der Waals surface area contributed by atoms with E-state index in [1.54, 1.807) is 24.3 Å². The zero-order valence-electron chi connectivity index (χ0n) is 10.9. The van der Waals surface area contributed by atoms with Crippen LogP contribution in [0.25, 0.3) is 0 Å². The maximum atomic E-state index is 12.0. The Labute approximate surface area is 136 Å². The van der Waals surface area contributed by atoms with Crippen LogP contribution in [0.4, 0.5) is 0 Å². The molecule has 0 spiro atoms. The molecule has 2 aromatic rings. The lowest BCUT2D eigenvalue weighted by atomic mass is 10.1. The molecule has 0 aliphatic carbocycles. The first-order valence-corrected chi connectivity index (χ1v) is 9.35. The average molecular weight is 364 g/mol. The highest BCUT2D eigenvalue weighted by molar-refractivity contribution is 8.15. The summed E-state index contributed by atoms with van der Waals surface area (Å²) in [6.07, 6.45) is 0. The van der Waals surface area contributed by atoms with Crippen molar-refractivity contribution in [3.8, 4) is 0 Å². The second-order valence-corrected chi connectivity index (χ2v) is 8.67. The molecule has 0 atom stereocenters. The Hall–Kier alpha value is -1.08. The van der Waals surface area contributed by atoms with Crippen LogP contribution < -0.4 is 5.32 Å². The van der Waals surface area contributed by atoms with Crippen LogP contribution in [0.5, 0.6) is 0 Å². The quantitative estimate of drug-likeness (QED) is 0.844. The SMILES string of the molecule is Cc1cc(C(=O)NCc2ccc(S(=O)(=O)Cl)s2)ccc1Cl. The standard InChI is InChI=1S/C13H11Cl2NO3S2/c1-8-6-9(2-4-11(8)14)13(17)16-7-10-3-5-12(20-10)21(15,18)19/h2-6H,7H2,1H3,(H,16,17). The molecule has 0 aliphatic rings. The van der Waals surface area contributed by atoms with E-state index >= 15 is 0 Å². The first-order valence-electron chi connectivity index (χ1n) is 5.85. The summed E-state index contributed by atoms with van der Waals surface area (Å²) >= 11 is 6.93. The summed E-state index contributed by atoms with van der Waals surface area (Å²) in [5, 5.41) is 3.32. The largest absolute Gasteiger partial charge is 0.347 e. The van der Waals surface area contributed by atoms with Crippen molar-refractivity contribution in [2.75, 3.05) is 0 Å². The van der Waals surface area contributed by atoms with Gasteiger partial charge in [-0.3, -0.25) is 4.79 Å². The Kier molecular flexibility index (Phi) is 4.93. The van der Waals surface area contributed by atoms with Crippen LogP contribution in [0, 0.1) is 6.92 Å². The van der Waals surface area contributed by atoms with E-state index in [4.69, 9.17) is 22.3 Å². The third-order valence-corrected chi connectivity index (χ3v) is 6.32. The normalized spacial score (nSPS) is 11.4. The molecule has 0 aliphatic heterocycles. The molecule has 0 fully saturated rings. The molecule has 0 saturated heterocycles. The van der Waals surface area contributed by atoms with Crippen molar-refractivity contribution in [2.45, 2.75) is 17.7 Å². The average Bonchev–Trinajstić information content (AvgIpc) is 2.88. The van der Waals surface area contributed by atoms with Crippen LogP contribution >= 0.6 is 33.6 Å². The zero-order chi connectivity index (χ0) is 15.6. The van der Waals surface area contributed by atoms with Crippen LogP contribution in [-0.4, -0.2) is 14.3 Å². The predicted molar refractivity (Wildman–Crippen MR) is 84.7 cm³/mol. The Morgan fingerprint density at radius 1 is 1.29 bits per heavy atom. The number of rotatable bonds is 4. The number of hydrogen-bond acceptors (Lipinski definition) is 4. The minimum Gasteiger partial charge on any atom is -0.347 e. The van der Waals surface area contributed by atoms with Crippen LogP contribution in [-0.2, 0) is 15.6 Å². The Bertz CT molecular complexity index is 784. The van der Waals surface area contributed by atoms with E-state index in [0.29, 0.717) is 15.5 Å². The van der Waals surface area contributed by atoms with Crippen LogP contribution in [0.2, 0.25) is 5.02 Å². The molecule has 8 heteroatoms. The fraction of sp³-hybridized carbons (Fsp3) is 0.154. The summed E-state index contributed by atoms with van der Waals surface area (Å²) in [4.78, 5) is 12.7. The lowest BCUT2D eigenvalue weighted by Gasteiger charge is -2.05. The molecule has 21 heavy (non-hydrogen) atoms. The maximum absolute atomic E-state index is 12.0. The fourth-order valence-electron chi connectivity index (χ4n) is 1.64. The molecule has 112 valence electrons. The number of nitrogens with one attached hydrogen (secondary N) is 1. The molecule has 0 saturated carbocycles. The lowest BCUT2D eigenvalue weighted by molar-refractivity contribution is 0.0951. The summed E-state index contributed by atoms with van der Waals surface area (Å²) in [7, 11) is 1.53. The second kappa shape index (κ2) is 6.36. The van der Waals surface area contributed by atoms with E-state index in [0.717, 1.165) is 16.9 Å². The second-order valence-electron chi connectivity index (χ2n) is 4.31. The third kappa shape index (κ3) is 4.20. The fourth-order valence-corrected chi connectivity index (χ4v) is 3.82. The van der Waals surface area contributed by atoms with Crippen molar-refractivity contribution in [3.05, 3.63) is 51.4 Å². The van der Waals surface area contributed by atoms with Gasteiger partial charge in [0.25, 0.3) is 15.0 Å². The van der Waals surface area contributed by atoms with Crippen molar-refractivity contribution >= 4 is 48.6 Å². The lowest BCUT2D eigenvalue weighted by Crippen LogP contribution is -2.22. The van der Waals surface area contributed by atoms with Crippen LogP contribution in [0.1, 0.15) is 20.8 Å². The van der Waals surface area contributed by atoms with Crippen LogP contribution in [0.15, 0.2) is 34.5 Å². The number of halogens is 2. The minimum absolute atomic E-state index is 0.0655. The molecule has 0 bridgehead atoms. The van der Waals surface area contributed by atoms with E-state index < -0.39 is 9.05 Å². The molecule has 1 aromatic heterocycles. The Balaban J connectivity index is 2.04. The van der Waals surface area contributed by atoms with Crippen molar-refractivity contribution < 1.29 is 13.2 Å². The Morgan fingerprint density at radius 3 is 2.57 bits per heavy atom. The van der Waals surface area contributed by atoms with Crippen molar-refractivity contribution in [2.24, 2.45) is 0 Å². The van der Waals surface area contributed by atoms with E-state index in [-0.39, 0.29) is 16.7 Å². The third-order valence-electron chi connectivity index (χ3n) is 2.72. The molecule has 1 aromatic carbocycles. The molecule has 0 radical (unpaired) electrons.